The van der Waals surface area contributed by atoms with Crippen LogP contribution in [0.4, 0.5) is 5.82 Å². The van der Waals surface area contributed by atoms with Crippen LogP contribution in [0.2, 0.25) is 0 Å². The first kappa shape index (κ1) is 8.96. The summed E-state index contributed by atoms with van der Waals surface area (Å²) >= 11 is 0. The zero-order valence-corrected chi connectivity index (χ0v) is 7.88. The number of nitrogens with zero attached hydrogens (tertiary/aromatic N) is 3. The Morgan fingerprint density at radius 2 is 2.43 bits per heavy atom. The first-order chi connectivity index (χ1) is 6.75. The van der Waals surface area contributed by atoms with E-state index < -0.39 is 0 Å². The number of hydrogen-bond acceptors (Lipinski definition) is 4. The summed E-state index contributed by atoms with van der Waals surface area (Å²) in [5.74, 6) is 0.733. The predicted octanol–water partition coefficient (Wildman–Crippen LogP) is 0.522. The van der Waals surface area contributed by atoms with Gasteiger partial charge in [-0.15, -0.1) is 5.10 Å². The number of imidazole rings is 1. The molecule has 5 nitrogen and oxygen atoms in total. The van der Waals surface area contributed by atoms with Gasteiger partial charge in [0, 0.05) is 18.9 Å². The number of anilines is 1. The first-order valence-electron chi connectivity index (χ1n) is 4.48. The smallest absolute Gasteiger partial charge is 0.153 e. The van der Waals surface area contributed by atoms with Crippen molar-refractivity contribution >= 4 is 11.5 Å². The van der Waals surface area contributed by atoms with Crippen molar-refractivity contribution in [1.29, 1.82) is 0 Å². The van der Waals surface area contributed by atoms with Crippen LogP contribution in [0.3, 0.4) is 0 Å². The van der Waals surface area contributed by atoms with Crippen molar-refractivity contribution in [2.24, 2.45) is 0 Å². The summed E-state index contributed by atoms with van der Waals surface area (Å²) in [6.45, 7) is 2.22. The van der Waals surface area contributed by atoms with Crippen LogP contribution in [-0.2, 0) is 0 Å². The largest absolute Gasteiger partial charge is 0.392 e. The number of fused-ring (bicyclic) bond motifs is 1. The Balaban J connectivity index is 2.17. The minimum Gasteiger partial charge on any atom is -0.392 e. The number of aliphatic hydroxyl groups excluding tert-OH is 1. The molecule has 0 aliphatic rings. The van der Waals surface area contributed by atoms with E-state index in [0.29, 0.717) is 6.54 Å². The average molecular weight is 192 g/mol. The van der Waals surface area contributed by atoms with Crippen LogP contribution in [0.15, 0.2) is 24.5 Å². The monoisotopic (exact) mass is 192 g/mol. The van der Waals surface area contributed by atoms with Crippen LogP contribution in [0.1, 0.15) is 6.92 Å². The van der Waals surface area contributed by atoms with Gasteiger partial charge in [0.2, 0.25) is 0 Å². The number of hydrogen-bond donors (Lipinski definition) is 2. The van der Waals surface area contributed by atoms with Gasteiger partial charge >= 0.3 is 0 Å². The van der Waals surface area contributed by atoms with Crippen LogP contribution >= 0.6 is 0 Å². The molecular weight excluding hydrogens is 180 g/mol. The van der Waals surface area contributed by atoms with Gasteiger partial charge in [-0.3, -0.25) is 0 Å². The lowest BCUT2D eigenvalue weighted by atomic mass is 10.4. The number of aliphatic hydroxyl groups is 1. The maximum absolute atomic E-state index is 9.08. The lowest BCUT2D eigenvalue weighted by Gasteiger charge is -2.06. The first-order valence-corrected chi connectivity index (χ1v) is 4.48. The van der Waals surface area contributed by atoms with Crippen molar-refractivity contribution in [1.82, 2.24) is 14.6 Å². The highest BCUT2D eigenvalue weighted by atomic mass is 16.3. The minimum absolute atomic E-state index is 0.379. The molecule has 74 valence electrons. The summed E-state index contributed by atoms with van der Waals surface area (Å²) < 4.78 is 1.68. The molecule has 14 heavy (non-hydrogen) atoms. The van der Waals surface area contributed by atoms with Crippen LogP contribution in [-0.4, -0.2) is 32.4 Å². The summed E-state index contributed by atoms with van der Waals surface area (Å²) in [7, 11) is 0. The van der Waals surface area contributed by atoms with E-state index in [1.807, 2.05) is 12.1 Å². The number of aromatic nitrogens is 3. The van der Waals surface area contributed by atoms with Crippen molar-refractivity contribution in [3.63, 3.8) is 0 Å². The van der Waals surface area contributed by atoms with Crippen molar-refractivity contribution in [3.05, 3.63) is 24.5 Å². The van der Waals surface area contributed by atoms with Gasteiger partial charge in [0.1, 0.15) is 5.82 Å². The normalized spacial score (nSPS) is 13.0. The highest BCUT2D eigenvalue weighted by Gasteiger charge is 1.99. The van der Waals surface area contributed by atoms with Crippen LogP contribution in [0.5, 0.6) is 0 Å². The Morgan fingerprint density at radius 3 is 3.21 bits per heavy atom. The Kier molecular flexibility index (Phi) is 2.32. The van der Waals surface area contributed by atoms with Gasteiger partial charge in [0.05, 0.1) is 6.10 Å². The fourth-order valence-electron chi connectivity index (χ4n) is 1.16. The second kappa shape index (κ2) is 3.63. The Bertz CT molecular complexity index is 423. The topological polar surface area (TPSA) is 62.5 Å². The quantitative estimate of drug-likeness (QED) is 0.744. The van der Waals surface area contributed by atoms with Gasteiger partial charge in [0.15, 0.2) is 5.65 Å². The molecule has 1 unspecified atom stereocenters. The Morgan fingerprint density at radius 1 is 1.57 bits per heavy atom. The molecular formula is C9H12N4O. The lowest BCUT2D eigenvalue weighted by Crippen LogP contribution is -2.16. The van der Waals surface area contributed by atoms with E-state index >= 15 is 0 Å². The third-order valence-corrected chi connectivity index (χ3v) is 1.83. The minimum atomic E-state index is -0.379. The van der Waals surface area contributed by atoms with Crippen LogP contribution in [0, 0.1) is 0 Å². The highest BCUT2D eigenvalue weighted by molar-refractivity contribution is 5.43. The maximum Gasteiger partial charge on any atom is 0.153 e. The zero-order chi connectivity index (χ0) is 9.97. The lowest BCUT2D eigenvalue weighted by molar-refractivity contribution is 0.208. The van der Waals surface area contributed by atoms with Crippen molar-refractivity contribution < 1.29 is 5.11 Å². The van der Waals surface area contributed by atoms with Crippen LogP contribution in [0.25, 0.3) is 5.65 Å². The van der Waals surface area contributed by atoms with Gasteiger partial charge in [-0.1, -0.05) is 0 Å². The number of rotatable bonds is 3. The SMILES string of the molecule is CC(O)CNc1ccc2nccn2n1. The van der Waals surface area contributed by atoms with Gasteiger partial charge in [-0.05, 0) is 19.1 Å². The molecule has 1 atom stereocenters. The Hall–Kier alpha value is -1.62. The zero-order valence-electron chi connectivity index (χ0n) is 7.88. The molecule has 0 bridgehead atoms. The molecule has 0 amide bonds. The van der Waals surface area contributed by atoms with Crippen molar-refractivity contribution in [3.8, 4) is 0 Å². The van der Waals surface area contributed by atoms with Crippen LogP contribution < -0.4 is 5.32 Å². The van der Waals surface area contributed by atoms with Gasteiger partial charge < -0.3 is 10.4 Å². The number of nitrogens with one attached hydrogen (secondary N) is 1. The average Bonchev–Trinajstić information content (AvgIpc) is 2.61. The summed E-state index contributed by atoms with van der Waals surface area (Å²) in [6.07, 6.45) is 3.10. The van der Waals surface area contributed by atoms with Crippen molar-refractivity contribution in [2.75, 3.05) is 11.9 Å². The van der Waals surface area contributed by atoms with Gasteiger partial charge in [-0.25, -0.2) is 9.50 Å². The fourth-order valence-corrected chi connectivity index (χ4v) is 1.16. The fraction of sp³-hybridized carbons (Fsp3) is 0.333. The Labute approximate surface area is 81.4 Å². The molecule has 0 aromatic carbocycles. The van der Waals surface area contributed by atoms with E-state index in [1.54, 1.807) is 23.8 Å². The third-order valence-electron chi connectivity index (χ3n) is 1.83. The highest BCUT2D eigenvalue weighted by Crippen LogP contribution is 2.04. The van der Waals surface area contributed by atoms with E-state index in [-0.39, 0.29) is 6.10 Å². The van der Waals surface area contributed by atoms with Crippen molar-refractivity contribution in [2.45, 2.75) is 13.0 Å². The third kappa shape index (κ3) is 1.82. The second-order valence-electron chi connectivity index (χ2n) is 3.18. The standard InChI is InChI=1S/C9H12N4O/c1-7(14)6-11-8-2-3-9-10-4-5-13(9)12-8/h2-5,7,14H,6H2,1H3,(H,11,12). The molecule has 0 saturated carbocycles. The van der Waals surface area contributed by atoms with Gasteiger partial charge in [-0.2, -0.15) is 0 Å². The molecule has 2 rings (SSSR count). The van der Waals surface area contributed by atoms with Gasteiger partial charge in [0.25, 0.3) is 0 Å². The molecule has 2 aromatic heterocycles. The van der Waals surface area contributed by atoms with E-state index in [2.05, 4.69) is 15.4 Å². The molecule has 0 radical (unpaired) electrons. The van der Waals surface area contributed by atoms with E-state index in [1.165, 1.54) is 0 Å². The van der Waals surface area contributed by atoms with E-state index in [0.717, 1.165) is 11.5 Å². The molecule has 0 saturated heterocycles. The summed E-state index contributed by atoms with van der Waals surface area (Å²) in [5.41, 5.74) is 0.813. The molecule has 0 aliphatic carbocycles. The molecule has 2 heterocycles. The predicted molar refractivity (Wildman–Crippen MR) is 53.2 cm³/mol. The summed E-state index contributed by atoms with van der Waals surface area (Å²) in [6, 6.07) is 3.71. The maximum atomic E-state index is 9.08. The van der Waals surface area contributed by atoms with E-state index in [9.17, 15) is 0 Å². The molecule has 2 N–H and O–H groups in total. The molecule has 0 fully saturated rings. The summed E-state index contributed by atoms with van der Waals surface area (Å²) in [4.78, 5) is 4.08. The van der Waals surface area contributed by atoms with E-state index in [4.69, 9.17) is 5.11 Å². The summed E-state index contributed by atoms with van der Waals surface area (Å²) in [5, 5.41) is 16.3. The molecule has 5 heteroatoms. The second-order valence-corrected chi connectivity index (χ2v) is 3.18. The molecule has 0 spiro atoms. The molecule has 0 aliphatic heterocycles. The molecule has 2 aromatic rings.